The van der Waals surface area contributed by atoms with E-state index in [1.807, 2.05) is 6.92 Å². The number of hydrogen-bond donors (Lipinski definition) is 0. The number of hydrogen-bond acceptors (Lipinski definition) is 3. The lowest BCUT2D eigenvalue weighted by Gasteiger charge is -2.08. The summed E-state index contributed by atoms with van der Waals surface area (Å²) in [5.41, 5.74) is 1.28. The largest absolute Gasteiger partial charge is 0.459 e. The molecule has 0 heterocycles. The molecule has 0 atom stereocenters. The highest BCUT2D eigenvalue weighted by Crippen LogP contribution is 2.28. The zero-order chi connectivity index (χ0) is 19.1. The molecule has 26 heavy (non-hydrogen) atoms. The van der Waals surface area contributed by atoms with E-state index in [1.165, 1.54) is 0 Å². The molecule has 2 rings (SSSR count). The molecule has 0 aliphatic carbocycles. The Morgan fingerprint density at radius 2 is 1.73 bits per heavy atom. The lowest BCUT2D eigenvalue weighted by molar-refractivity contribution is 0.0733. The molecule has 0 amide bonds. The quantitative estimate of drug-likeness (QED) is 0.288. The maximum absolute atomic E-state index is 13.8. The smallest absolute Gasteiger partial charge is 0.343 e. The van der Waals surface area contributed by atoms with E-state index in [1.54, 1.807) is 24.3 Å². The van der Waals surface area contributed by atoms with Crippen LogP contribution >= 0.6 is 0 Å². The Morgan fingerprint density at radius 1 is 1.12 bits per heavy atom. The van der Waals surface area contributed by atoms with Gasteiger partial charge in [-0.05, 0) is 24.1 Å². The van der Waals surface area contributed by atoms with Crippen LogP contribution < -0.4 is 9.47 Å². The summed E-state index contributed by atoms with van der Waals surface area (Å²) in [7, 11) is 0. The van der Waals surface area contributed by atoms with E-state index in [0.717, 1.165) is 30.5 Å². The second-order valence-corrected chi connectivity index (χ2v) is 5.33. The molecule has 0 aromatic heterocycles. The number of carbonyl (C=O) groups excluding carboxylic acids is 1. The predicted molar refractivity (Wildman–Crippen MR) is 87.5 cm³/mol. The van der Waals surface area contributed by atoms with Gasteiger partial charge >= 0.3 is 5.97 Å². The molecule has 0 saturated heterocycles. The third-order valence-electron chi connectivity index (χ3n) is 3.32. The van der Waals surface area contributed by atoms with Crippen molar-refractivity contribution in [3.63, 3.8) is 0 Å². The van der Waals surface area contributed by atoms with E-state index < -0.39 is 29.8 Å². The first kappa shape index (κ1) is 19.5. The van der Waals surface area contributed by atoms with Crippen molar-refractivity contribution in [1.82, 2.24) is 0 Å². The highest BCUT2D eigenvalue weighted by atomic mass is 19.3. The third-order valence-corrected chi connectivity index (χ3v) is 3.32. The van der Waals surface area contributed by atoms with Crippen molar-refractivity contribution in [1.29, 1.82) is 0 Å². The molecule has 2 aromatic rings. The van der Waals surface area contributed by atoms with E-state index in [4.69, 9.17) is 4.74 Å². The molecule has 0 aliphatic rings. The van der Waals surface area contributed by atoms with Crippen LogP contribution in [0.5, 0.6) is 11.5 Å². The molecule has 7 heteroatoms. The van der Waals surface area contributed by atoms with Gasteiger partial charge in [0.05, 0.1) is 11.8 Å². The minimum Gasteiger partial charge on any atom is -0.459 e. The van der Waals surface area contributed by atoms with Crippen molar-refractivity contribution >= 4 is 5.97 Å². The molecule has 138 valence electrons. The van der Waals surface area contributed by atoms with Gasteiger partial charge in [0, 0.05) is 18.2 Å². The number of benzene rings is 2. The van der Waals surface area contributed by atoms with Crippen LogP contribution in [-0.2, 0) is 6.42 Å². The van der Waals surface area contributed by atoms with Crippen LogP contribution in [0.1, 0.15) is 29.3 Å². The number of halogens is 4. The average Bonchev–Trinajstić information content (AvgIpc) is 2.58. The zero-order valence-corrected chi connectivity index (χ0v) is 13.8. The first-order valence-electron chi connectivity index (χ1n) is 7.82. The monoisotopic (exact) mass is 368 g/mol. The zero-order valence-electron chi connectivity index (χ0n) is 13.8. The molecule has 0 unspecified atom stereocenters. The van der Waals surface area contributed by atoms with Crippen molar-refractivity contribution in [3.05, 3.63) is 71.5 Å². The van der Waals surface area contributed by atoms with E-state index in [-0.39, 0.29) is 11.3 Å². The van der Waals surface area contributed by atoms with Gasteiger partial charge in [0.1, 0.15) is 5.75 Å². The lowest BCUT2D eigenvalue weighted by atomic mass is 10.1. The first-order chi connectivity index (χ1) is 12.4. The van der Waals surface area contributed by atoms with Crippen LogP contribution in [0.3, 0.4) is 0 Å². The van der Waals surface area contributed by atoms with E-state index in [9.17, 15) is 22.4 Å². The van der Waals surface area contributed by atoms with Gasteiger partial charge < -0.3 is 9.47 Å². The van der Waals surface area contributed by atoms with Crippen LogP contribution in [0.4, 0.5) is 17.6 Å². The van der Waals surface area contributed by atoms with Gasteiger partial charge in [-0.15, -0.1) is 0 Å². The molecular weight excluding hydrogens is 352 g/mol. The van der Waals surface area contributed by atoms with Crippen LogP contribution in [-0.4, -0.2) is 12.4 Å². The van der Waals surface area contributed by atoms with E-state index in [2.05, 4.69) is 4.74 Å². The number of rotatable bonds is 7. The van der Waals surface area contributed by atoms with Crippen molar-refractivity contribution in [2.75, 3.05) is 0 Å². The van der Waals surface area contributed by atoms with Gasteiger partial charge in [-0.2, -0.15) is 0 Å². The summed E-state index contributed by atoms with van der Waals surface area (Å²) in [6, 6.07) is 8.14. The van der Waals surface area contributed by atoms with Crippen LogP contribution in [0.2, 0.25) is 0 Å². The van der Waals surface area contributed by atoms with Crippen molar-refractivity contribution in [3.8, 4) is 11.5 Å². The fourth-order valence-corrected chi connectivity index (χ4v) is 2.14. The number of alkyl halides is 2. The number of aryl methyl sites for hydroxylation is 1. The summed E-state index contributed by atoms with van der Waals surface area (Å²) < 4.78 is 61.1. The highest BCUT2D eigenvalue weighted by Gasteiger charge is 2.16. The number of carbonyl (C=O) groups is 1. The van der Waals surface area contributed by atoms with Crippen LogP contribution in [0, 0.1) is 11.6 Å². The fourth-order valence-electron chi connectivity index (χ4n) is 2.14. The summed E-state index contributed by atoms with van der Waals surface area (Å²) in [5.74, 6) is -4.40. The minimum atomic E-state index is -2.81. The summed E-state index contributed by atoms with van der Waals surface area (Å²) in [5, 5.41) is 0. The Morgan fingerprint density at radius 3 is 2.27 bits per heavy atom. The Labute approximate surface area is 147 Å². The maximum Gasteiger partial charge on any atom is 0.343 e. The summed E-state index contributed by atoms with van der Waals surface area (Å²) in [4.78, 5) is 12.0. The highest BCUT2D eigenvalue weighted by molar-refractivity contribution is 5.91. The summed E-state index contributed by atoms with van der Waals surface area (Å²) >= 11 is 0. The Hall–Kier alpha value is -2.83. The molecule has 0 saturated carbocycles. The second kappa shape index (κ2) is 9.03. The molecule has 0 fully saturated rings. The molecule has 3 nitrogen and oxygen atoms in total. The maximum atomic E-state index is 13.8. The normalized spacial score (nSPS) is 11.2. The lowest BCUT2D eigenvalue weighted by Crippen LogP contribution is -2.09. The van der Waals surface area contributed by atoms with Gasteiger partial charge in [-0.25, -0.2) is 22.4 Å². The molecule has 0 bridgehead atoms. The van der Waals surface area contributed by atoms with Crippen molar-refractivity contribution in [2.24, 2.45) is 0 Å². The number of ether oxygens (including phenoxy) is 2. The molecular formula is C19H16F4O3. The average molecular weight is 368 g/mol. The van der Waals surface area contributed by atoms with Crippen LogP contribution in [0.15, 0.2) is 48.7 Å². The van der Waals surface area contributed by atoms with E-state index in [0.29, 0.717) is 12.3 Å². The topological polar surface area (TPSA) is 35.5 Å². The van der Waals surface area contributed by atoms with Gasteiger partial charge in [0.2, 0.25) is 0 Å². The van der Waals surface area contributed by atoms with Gasteiger partial charge in [-0.3, -0.25) is 0 Å². The molecule has 0 spiro atoms. The molecule has 0 aliphatic heterocycles. The van der Waals surface area contributed by atoms with Gasteiger partial charge in [0.25, 0.3) is 6.43 Å². The SMILES string of the molecule is CCCc1ccc(C(=O)Oc2cc(F)c(O/C=C/C(F)F)c(F)c2)cc1. The Bertz CT molecular complexity index is 763. The van der Waals surface area contributed by atoms with Crippen LogP contribution in [0.25, 0.3) is 0 Å². The Kier molecular flexibility index (Phi) is 6.77. The van der Waals surface area contributed by atoms with Crippen molar-refractivity contribution in [2.45, 2.75) is 26.2 Å². The Balaban J connectivity index is 2.10. The number of allylic oxidation sites excluding steroid dienone is 1. The molecule has 0 radical (unpaired) electrons. The first-order valence-corrected chi connectivity index (χ1v) is 7.82. The predicted octanol–water partition coefficient (Wildman–Crippen LogP) is 5.29. The summed E-state index contributed by atoms with van der Waals surface area (Å²) in [6.45, 7) is 2.03. The summed E-state index contributed by atoms with van der Waals surface area (Å²) in [6.07, 6.45) is -0.175. The third kappa shape index (κ3) is 5.34. The molecule has 0 N–H and O–H groups in total. The van der Waals surface area contributed by atoms with Gasteiger partial charge in [-0.1, -0.05) is 25.5 Å². The standard InChI is InChI=1S/C19H16F4O3/c1-2-3-12-4-6-13(7-5-12)19(24)26-14-10-15(20)18(16(21)11-14)25-9-8-17(22)23/h4-11,17H,2-3H2,1H3/b9-8+. The number of esters is 1. The van der Waals surface area contributed by atoms with E-state index >= 15 is 0 Å². The van der Waals surface area contributed by atoms with Gasteiger partial charge in [0.15, 0.2) is 17.4 Å². The minimum absolute atomic E-state index is 0.228. The second-order valence-electron chi connectivity index (χ2n) is 5.33. The van der Waals surface area contributed by atoms with Crippen molar-refractivity contribution < 1.29 is 31.8 Å². The molecule has 2 aromatic carbocycles. The fraction of sp³-hybridized carbons (Fsp3) is 0.211.